The van der Waals surface area contributed by atoms with Crippen molar-refractivity contribution in [2.75, 3.05) is 6.61 Å². The minimum absolute atomic E-state index is 0.256. The van der Waals surface area contributed by atoms with Crippen LogP contribution in [0.1, 0.15) is 38.0 Å². The Bertz CT molecular complexity index is 1210. The molecule has 0 spiro atoms. The van der Waals surface area contributed by atoms with Gasteiger partial charge in [0.25, 0.3) is 0 Å². The third-order valence-electron chi connectivity index (χ3n) is 5.60. The van der Waals surface area contributed by atoms with Gasteiger partial charge in [0, 0.05) is 0 Å². The van der Waals surface area contributed by atoms with Gasteiger partial charge < -0.3 is 18.9 Å². The molecule has 0 amide bonds. The number of hydrogen-bond donors (Lipinski definition) is 0. The normalized spacial score (nSPS) is 20.8. The third kappa shape index (κ3) is 5.84. The molecule has 0 aliphatic carbocycles. The number of Topliss-reactive ketones (excluding diaryl/α,β-unsaturated/α-hetero) is 1. The van der Waals surface area contributed by atoms with Gasteiger partial charge in [-0.3, -0.25) is 4.79 Å². The van der Waals surface area contributed by atoms with Crippen molar-refractivity contribution >= 4 is 23.7 Å². The monoisotopic (exact) mass is 488 g/mol. The van der Waals surface area contributed by atoms with Crippen molar-refractivity contribution in [2.45, 2.75) is 31.3 Å². The number of rotatable bonds is 8. The smallest absolute Gasteiger partial charge is 0.338 e. The molecule has 3 aromatic rings. The lowest BCUT2D eigenvalue weighted by Crippen LogP contribution is -2.43. The highest BCUT2D eigenvalue weighted by Gasteiger charge is 2.52. The maximum Gasteiger partial charge on any atom is 0.338 e. The van der Waals surface area contributed by atoms with Crippen LogP contribution in [0.3, 0.4) is 0 Å². The molecular weight excluding hydrogens is 464 g/mol. The highest BCUT2D eigenvalue weighted by atomic mass is 16.7. The highest BCUT2D eigenvalue weighted by molar-refractivity contribution is 5.91. The molecule has 184 valence electrons. The first-order chi connectivity index (χ1) is 17.4. The van der Waals surface area contributed by atoms with Crippen LogP contribution in [0.2, 0.25) is 0 Å². The second-order valence-electron chi connectivity index (χ2n) is 8.14. The van der Waals surface area contributed by atoms with Gasteiger partial charge in [-0.1, -0.05) is 54.6 Å². The number of ketones is 1. The van der Waals surface area contributed by atoms with Crippen molar-refractivity contribution in [2.24, 2.45) is 0 Å². The van der Waals surface area contributed by atoms with Crippen LogP contribution >= 0.6 is 0 Å². The standard InChI is InChI=1S/C28H24O8/c1-18(29)23-25(36-28(32)21-15-9-4-10-16-21)24(35-27(31)20-13-7-3-8-14-20)22(34-23)17-33-26(30)19-11-5-2-6-12-19/h2-16,22-25H,17H2,1H3/t22-,23+,24-,25+/m1/s1. The minimum atomic E-state index is -1.25. The summed E-state index contributed by atoms with van der Waals surface area (Å²) in [5.41, 5.74) is 0.840. The molecule has 0 aromatic heterocycles. The van der Waals surface area contributed by atoms with E-state index in [1.165, 1.54) is 6.92 Å². The summed E-state index contributed by atoms with van der Waals surface area (Å²) in [5.74, 6) is -2.46. The maximum atomic E-state index is 12.9. The van der Waals surface area contributed by atoms with Crippen LogP contribution in [0.15, 0.2) is 91.0 Å². The quantitative estimate of drug-likeness (QED) is 0.350. The Balaban J connectivity index is 1.58. The predicted octanol–water partition coefficient (Wildman–Crippen LogP) is 3.65. The summed E-state index contributed by atoms with van der Waals surface area (Å²) in [6, 6.07) is 24.8. The second kappa shape index (κ2) is 11.4. The Hall–Kier alpha value is -4.30. The molecule has 8 heteroatoms. The largest absolute Gasteiger partial charge is 0.459 e. The summed E-state index contributed by atoms with van der Waals surface area (Å²) in [6.07, 6.45) is -4.72. The van der Waals surface area contributed by atoms with Crippen LogP contribution in [-0.2, 0) is 23.7 Å². The fourth-order valence-corrected chi connectivity index (χ4v) is 3.81. The lowest BCUT2D eigenvalue weighted by atomic mass is 10.0. The topological polar surface area (TPSA) is 105 Å². The summed E-state index contributed by atoms with van der Waals surface area (Å²) >= 11 is 0. The van der Waals surface area contributed by atoms with E-state index in [0.717, 1.165) is 0 Å². The Morgan fingerprint density at radius 3 is 1.50 bits per heavy atom. The number of benzene rings is 3. The zero-order chi connectivity index (χ0) is 25.5. The number of ether oxygens (including phenoxy) is 4. The van der Waals surface area contributed by atoms with Crippen LogP contribution < -0.4 is 0 Å². The van der Waals surface area contributed by atoms with Gasteiger partial charge >= 0.3 is 17.9 Å². The van der Waals surface area contributed by atoms with E-state index in [9.17, 15) is 19.2 Å². The van der Waals surface area contributed by atoms with Gasteiger partial charge in [0.2, 0.25) is 0 Å². The first-order valence-corrected chi connectivity index (χ1v) is 11.3. The Morgan fingerprint density at radius 2 is 1.06 bits per heavy atom. The molecule has 8 nitrogen and oxygen atoms in total. The van der Waals surface area contributed by atoms with Crippen molar-refractivity contribution in [1.82, 2.24) is 0 Å². The average Bonchev–Trinajstić information content (AvgIpc) is 3.25. The molecule has 4 rings (SSSR count). The molecule has 0 saturated carbocycles. The molecule has 1 aliphatic heterocycles. The zero-order valence-corrected chi connectivity index (χ0v) is 19.4. The Morgan fingerprint density at radius 1 is 0.639 bits per heavy atom. The van der Waals surface area contributed by atoms with Gasteiger partial charge in [0.15, 0.2) is 24.1 Å². The lowest BCUT2D eigenvalue weighted by Gasteiger charge is -2.24. The van der Waals surface area contributed by atoms with Gasteiger partial charge in [-0.2, -0.15) is 0 Å². The SMILES string of the molecule is CC(=O)[C@@H]1O[C@H](COC(=O)c2ccccc2)[C@@H](OC(=O)c2ccccc2)[C@H]1OC(=O)c1ccccc1. The summed E-state index contributed by atoms with van der Waals surface area (Å²) in [5, 5.41) is 0. The van der Waals surface area contributed by atoms with E-state index in [1.54, 1.807) is 91.0 Å². The molecule has 1 saturated heterocycles. The van der Waals surface area contributed by atoms with Gasteiger partial charge in [-0.05, 0) is 43.3 Å². The molecule has 0 N–H and O–H groups in total. The van der Waals surface area contributed by atoms with Crippen LogP contribution in [0.25, 0.3) is 0 Å². The van der Waals surface area contributed by atoms with E-state index in [0.29, 0.717) is 5.56 Å². The van der Waals surface area contributed by atoms with E-state index in [-0.39, 0.29) is 17.7 Å². The molecule has 1 fully saturated rings. The van der Waals surface area contributed by atoms with Crippen LogP contribution in [0, 0.1) is 0 Å². The Labute approximate surface area is 207 Å². The highest BCUT2D eigenvalue weighted by Crippen LogP contribution is 2.30. The van der Waals surface area contributed by atoms with Crippen LogP contribution in [0.5, 0.6) is 0 Å². The molecule has 3 aromatic carbocycles. The number of carbonyl (C=O) groups excluding carboxylic acids is 4. The molecule has 0 unspecified atom stereocenters. The molecule has 4 atom stereocenters. The summed E-state index contributed by atoms with van der Waals surface area (Å²) in [4.78, 5) is 50.6. The van der Waals surface area contributed by atoms with Crippen molar-refractivity contribution in [1.29, 1.82) is 0 Å². The molecule has 36 heavy (non-hydrogen) atoms. The van der Waals surface area contributed by atoms with Crippen molar-refractivity contribution in [3.05, 3.63) is 108 Å². The maximum absolute atomic E-state index is 12.9. The van der Waals surface area contributed by atoms with E-state index in [1.807, 2.05) is 0 Å². The average molecular weight is 488 g/mol. The van der Waals surface area contributed by atoms with Crippen molar-refractivity contribution in [3.8, 4) is 0 Å². The molecule has 1 heterocycles. The number of hydrogen-bond acceptors (Lipinski definition) is 8. The fraction of sp³-hybridized carbons (Fsp3) is 0.214. The van der Waals surface area contributed by atoms with Crippen LogP contribution in [0.4, 0.5) is 0 Å². The summed E-state index contributed by atoms with van der Waals surface area (Å²) in [7, 11) is 0. The molecule has 0 bridgehead atoms. The van der Waals surface area contributed by atoms with Crippen LogP contribution in [-0.4, -0.2) is 54.7 Å². The number of esters is 3. The summed E-state index contributed by atoms with van der Waals surface area (Å²) < 4.78 is 22.5. The van der Waals surface area contributed by atoms with E-state index >= 15 is 0 Å². The van der Waals surface area contributed by atoms with Crippen molar-refractivity contribution < 1.29 is 38.1 Å². The van der Waals surface area contributed by atoms with Gasteiger partial charge in [0.1, 0.15) is 12.7 Å². The third-order valence-corrected chi connectivity index (χ3v) is 5.60. The van der Waals surface area contributed by atoms with E-state index in [2.05, 4.69) is 0 Å². The predicted molar refractivity (Wildman–Crippen MR) is 127 cm³/mol. The molecule has 1 aliphatic rings. The number of carbonyl (C=O) groups is 4. The van der Waals surface area contributed by atoms with E-state index < -0.39 is 48.1 Å². The van der Waals surface area contributed by atoms with Gasteiger partial charge in [-0.25, -0.2) is 14.4 Å². The second-order valence-corrected chi connectivity index (χ2v) is 8.14. The first-order valence-electron chi connectivity index (χ1n) is 11.3. The lowest BCUT2D eigenvalue weighted by molar-refractivity contribution is -0.132. The van der Waals surface area contributed by atoms with Gasteiger partial charge in [-0.15, -0.1) is 0 Å². The fourth-order valence-electron chi connectivity index (χ4n) is 3.81. The first kappa shape index (κ1) is 24.8. The van der Waals surface area contributed by atoms with Gasteiger partial charge in [0.05, 0.1) is 16.7 Å². The minimum Gasteiger partial charge on any atom is -0.459 e. The van der Waals surface area contributed by atoms with E-state index in [4.69, 9.17) is 18.9 Å². The Kier molecular flexibility index (Phi) is 7.87. The zero-order valence-electron chi connectivity index (χ0n) is 19.4. The molecule has 0 radical (unpaired) electrons. The van der Waals surface area contributed by atoms with Crippen molar-refractivity contribution in [3.63, 3.8) is 0 Å². The summed E-state index contributed by atoms with van der Waals surface area (Å²) in [6.45, 7) is 0.950. The molecular formula is C28H24O8.